The number of benzene rings is 1. The Balaban J connectivity index is 0.00000200. The standard InChI is InChI=1S/C13H18N4O2.ClH/c1-14-7-6-12(18)16-10-2-4-11(5-3-10)17-9-8-15-13(17)19;/h2-5,14H,6-9H2,1H3,(H,15,19)(H,16,18);1H. The monoisotopic (exact) mass is 298 g/mol. The molecule has 0 aliphatic carbocycles. The van der Waals surface area contributed by atoms with Crippen LogP contribution in [0.5, 0.6) is 0 Å². The Kier molecular flexibility index (Phi) is 6.27. The lowest BCUT2D eigenvalue weighted by Gasteiger charge is -2.14. The van der Waals surface area contributed by atoms with Gasteiger partial charge in [0, 0.05) is 37.4 Å². The molecule has 1 heterocycles. The lowest BCUT2D eigenvalue weighted by molar-refractivity contribution is -0.116. The first kappa shape index (κ1) is 16.3. The number of amides is 3. The number of rotatable bonds is 5. The van der Waals surface area contributed by atoms with E-state index in [2.05, 4.69) is 16.0 Å². The molecule has 0 aromatic heterocycles. The average Bonchev–Trinajstić information content (AvgIpc) is 2.83. The summed E-state index contributed by atoms with van der Waals surface area (Å²) in [5.41, 5.74) is 1.58. The van der Waals surface area contributed by atoms with Crippen LogP contribution in [0.15, 0.2) is 24.3 Å². The van der Waals surface area contributed by atoms with Gasteiger partial charge in [0.15, 0.2) is 0 Å². The predicted molar refractivity (Wildman–Crippen MR) is 81.6 cm³/mol. The second-order valence-electron chi connectivity index (χ2n) is 4.33. The third-order valence-electron chi connectivity index (χ3n) is 2.92. The molecule has 2 rings (SSSR count). The number of nitrogens with one attached hydrogen (secondary N) is 3. The highest BCUT2D eigenvalue weighted by atomic mass is 35.5. The summed E-state index contributed by atoms with van der Waals surface area (Å²) in [5, 5.41) is 8.48. The van der Waals surface area contributed by atoms with Crippen LogP contribution in [0, 0.1) is 0 Å². The maximum atomic E-state index is 11.5. The quantitative estimate of drug-likeness (QED) is 0.764. The molecule has 3 N–H and O–H groups in total. The molecule has 0 saturated carbocycles. The molecule has 3 amide bonds. The van der Waals surface area contributed by atoms with Crippen molar-refractivity contribution in [2.75, 3.05) is 36.9 Å². The molecule has 1 saturated heterocycles. The Morgan fingerprint density at radius 2 is 2.05 bits per heavy atom. The number of hydrogen-bond acceptors (Lipinski definition) is 3. The molecule has 1 fully saturated rings. The van der Waals surface area contributed by atoms with Gasteiger partial charge in [0.25, 0.3) is 0 Å². The van der Waals surface area contributed by atoms with Crippen LogP contribution in [0.1, 0.15) is 6.42 Å². The van der Waals surface area contributed by atoms with Crippen LogP contribution >= 0.6 is 12.4 Å². The largest absolute Gasteiger partial charge is 0.336 e. The molecule has 7 heteroatoms. The molecule has 110 valence electrons. The summed E-state index contributed by atoms with van der Waals surface area (Å²) in [5.74, 6) is -0.0268. The van der Waals surface area contributed by atoms with Crippen LogP contribution in [0.3, 0.4) is 0 Å². The number of halogens is 1. The Bertz CT molecular complexity index is 464. The number of nitrogens with zero attached hydrogens (tertiary/aromatic N) is 1. The van der Waals surface area contributed by atoms with Crippen molar-refractivity contribution in [3.05, 3.63) is 24.3 Å². The summed E-state index contributed by atoms with van der Waals surface area (Å²) in [7, 11) is 1.81. The third-order valence-corrected chi connectivity index (χ3v) is 2.92. The van der Waals surface area contributed by atoms with Crippen molar-refractivity contribution < 1.29 is 9.59 Å². The molecular formula is C13H19ClN4O2. The van der Waals surface area contributed by atoms with E-state index in [1.54, 1.807) is 17.0 Å². The van der Waals surface area contributed by atoms with Crippen molar-refractivity contribution in [1.82, 2.24) is 10.6 Å². The van der Waals surface area contributed by atoms with E-state index < -0.39 is 0 Å². The molecule has 1 aromatic rings. The van der Waals surface area contributed by atoms with Gasteiger partial charge < -0.3 is 16.0 Å². The molecule has 1 aliphatic heterocycles. The summed E-state index contributed by atoms with van der Waals surface area (Å²) in [4.78, 5) is 24.7. The maximum Gasteiger partial charge on any atom is 0.321 e. The molecule has 1 aromatic carbocycles. The van der Waals surface area contributed by atoms with E-state index in [0.717, 1.165) is 11.4 Å². The predicted octanol–water partition coefficient (Wildman–Crippen LogP) is 1.19. The highest BCUT2D eigenvalue weighted by Gasteiger charge is 2.20. The van der Waals surface area contributed by atoms with Crippen molar-refractivity contribution in [2.45, 2.75) is 6.42 Å². The summed E-state index contributed by atoms with van der Waals surface area (Å²) in [6.07, 6.45) is 0.437. The van der Waals surface area contributed by atoms with E-state index in [4.69, 9.17) is 0 Å². The zero-order valence-electron chi connectivity index (χ0n) is 11.3. The van der Waals surface area contributed by atoms with E-state index in [1.807, 2.05) is 19.2 Å². The van der Waals surface area contributed by atoms with Crippen molar-refractivity contribution in [3.8, 4) is 0 Å². The number of hydrogen-bond donors (Lipinski definition) is 3. The average molecular weight is 299 g/mol. The minimum Gasteiger partial charge on any atom is -0.336 e. The van der Waals surface area contributed by atoms with E-state index >= 15 is 0 Å². The zero-order valence-corrected chi connectivity index (χ0v) is 12.1. The van der Waals surface area contributed by atoms with E-state index in [9.17, 15) is 9.59 Å². The van der Waals surface area contributed by atoms with Gasteiger partial charge in [-0.2, -0.15) is 0 Å². The summed E-state index contributed by atoms with van der Waals surface area (Å²) >= 11 is 0. The Labute approximate surface area is 124 Å². The fourth-order valence-corrected chi connectivity index (χ4v) is 1.90. The van der Waals surface area contributed by atoms with Crippen molar-refractivity contribution >= 4 is 35.7 Å². The normalized spacial score (nSPS) is 13.7. The van der Waals surface area contributed by atoms with Gasteiger partial charge >= 0.3 is 6.03 Å². The van der Waals surface area contributed by atoms with Gasteiger partial charge in [-0.3, -0.25) is 9.69 Å². The van der Waals surface area contributed by atoms with Crippen molar-refractivity contribution in [1.29, 1.82) is 0 Å². The van der Waals surface area contributed by atoms with Crippen LogP contribution in [0.25, 0.3) is 0 Å². The number of carbonyl (C=O) groups is 2. The zero-order chi connectivity index (χ0) is 13.7. The van der Waals surface area contributed by atoms with Crippen LogP contribution in [-0.4, -0.2) is 38.6 Å². The maximum absolute atomic E-state index is 11.5. The van der Waals surface area contributed by atoms with Crippen LogP contribution in [0.4, 0.5) is 16.2 Å². The first-order valence-corrected chi connectivity index (χ1v) is 6.30. The topological polar surface area (TPSA) is 73.5 Å². The van der Waals surface area contributed by atoms with Crippen molar-refractivity contribution in [3.63, 3.8) is 0 Å². The molecule has 6 nitrogen and oxygen atoms in total. The summed E-state index contributed by atoms with van der Waals surface area (Å²) in [6, 6.07) is 7.19. The number of anilines is 2. The van der Waals surface area contributed by atoms with Crippen LogP contribution in [0.2, 0.25) is 0 Å². The molecule has 0 atom stereocenters. The van der Waals surface area contributed by atoms with Crippen LogP contribution < -0.4 is 20.9 Å². The number of urea groups is 1. The smallest absolute Gasteiger partial charge is 0.321 e. The lowest BCUT2D eigenvalue weighted by atomic mass is 10.2. The van der Waals surface area contributed by atoms with Crippen LogP contribution in [-0.2, 0) is 4.79 Å². The van der Waals surface area contributed by atoms with Gasteiger partial charge in [-0.1, -0.05) is 0 Å². The first-order valence-electron chi connectivity index (χ1n) is 6.30. The Morgan fingerprint density at radius 3 is 2.60 bits per heavy atom. The second kappa shape index (κ2) is 7.72. The Morgan fingerprint density at radius 1 is 1.35 bits per heavy atom. The molecular weight excluding hydrogens is 280 g/mol. The van der Waals surface area contributed by atoms with Gasteiger partial charge in [0.1, 0.15) is 0 Å². The van der Waals surface area contributed by atoms with Gasteiger partial charge in [-0.05, 0) is 31.3 Å². The first-order chi connectivity index (χ1) is 9.20. The fourth-order valence-electron chi connectivity index (χ4n) is 1.90. The second-order valence-corrected chi connectivity index (χ2v) is 4.33. The van der Waals surface area contributed by atoms with E-state index in [0.29, 0.717) is 26.1 Å². The highest BCUT2D eigenvalue weighted by Crippen LogP contribution is 2.19. The van der Waals surface area contributed by atoms with Crippen molar-refractivity contribution in [2.24, 2.45) is 0 Å². The molecule has 0 spiro atoms. The van der Waals surface area contributed by atoms with Gasteiger partial charge in [0.05, 0.1) is 0 Å². The minimum atomic E-state index is -0.0780. The molecule has 0 bridgehead atoms. The summed E-state index contributed by atoms with van der Waals surface area (Å²) in [6.45, 7) is 1.99. The Hall–Kier alpha value is -1.79. The van der Waals surface area contributed by atoms with Gasteiger partial charge in [0.2, 0.25) is 5.91 Å². The molecule has 0 unspecified atom stereocenters. The van der Waals surface area contributed by atoms with Gasteiger partial charge in [-0.15, -0.1) is 12.4 Å². The third kappa shape index (κ3) is 4.11. The van der Waals surface area contributed by atoms with E-state index in [-0.39, 0.29) is 24.3 Å². The minimum absolute atomic E-state index is 0. The number of carbonyl (C=O) groups excluding carboxylic acids is 2. The fraction of sp³-hybridized carbons (Fsp3) is 0.385. The molecule has 20 heavy (non-hydrogen) atoms. The SMILES string of the molecule is CNCCC(=O)Nc1ccc(N2CCNC2=O)cc1.Cl. The van der Waals surface area contributed by atoms with E-state index in [1.165, 1.54) is 0 Å². The lowest BCUT2D eigenvalue weighted by Crippen LogP contribution is -2.27. The highest BCUT2D eigenvalue weighted by molar-refractivity contribution is 5.95. The molecule has 0 radical (unpaired) electrons. The summed E-state index contributed by atoms with van der Waals surface area (Å²) < 4.78 is 0. The molecule has 1 aliphatic rings. The van der Waals surface area contributed by atoms with Gasteiger partial charge in [-0.25, -0.2) is 4.79 Å².